The number of hydrogen-bond donors (Lipinski definition) is 1. The minimum Gasteiger partial charge on any atom is -0.436 e. The van der Waals surface area contributed by atoms with Crippen molar-refractivity contribution in [1.82, 2.24) is 15.3 Å². The summed E-state index contributed by atoms with van der Waals surface area (Å²) in [5.74, 6) is 0.343. The van der Waals surface area contributed by atoms with Gasteiger partial charge < -0.3 is 9.73 Å². The van der Waals surface area contributed by atoms with Gasteiger partial charge in [-0.3, -0.25) is 4.79 Å². The minimum atomic E-state index is -0.0591. The molecule has 134 valence electrons. The van der Waals surface area contributed by atoms with Crippen LogP contribution in [0.4, 0.5) is 0 Å². The van der Waals surface area contributed by atoms with Crippen molar-refractivity contribution in [3.05, 3.63) is 47.2 Å². The van der Waals surface area contributed by atoms with Gasteiger partial charge in [0.25, 0.3) is 5.91 Å². The van der Waals surface area contributed by atoms with Gasteiger partial charge in [0.1, 0.15) is 10.7 Å². The maximum Gasteiger partial charge on any atom is 0.251 e. The summed E-state index contributed by atoms with van der Waals surface area (Å²) < 4.78 is 5.82. The normalized spacial score (nSPS) is 15.7. The molecule has 0 aliphatic heterocycles. The van der Waals surface area contributed by atoms with E-state index in [-0.39, 0.29) is 11.9 Å². The van der Waals surface area contributed by atoms with Crippen LogP contribution in [0, 0.1) is 0 Å². The van der Waals surface area contributed by atoms with Gasteiger partial charge in [-0.1, -0.05) is 37.3 Å². The lowest BCUT2D eigenvalue weighted by atomic mass is 10.1. The maximum absolute atomic E-state index is 12.6. The second-order valence-electron chi connectivity index (χ2n) is 6.71. The number of carbonyl (C=O) groups excluding carboxylic acids is 1. The van der Waals surface area contributed by atoms with Crippen molar-refractivity contribution in [2.45, 2.75) is 44.6 Å². The van der Waals surface area contributed by atoms with Crippen molar-refractivity contribution < 1.29 is 9.21 Å². The monoisotopic (exact) mass is 369 g/mol. The average Bonchev–Trinajstić information content (AvgIpc) is 2.90. The molecule has 1 aliphatic rings. The molecule has 4 rings (SSSR count). The molecular weight excluding hydrogens is 350 g/mol. The largest absolute Gasteiger partial charge is 0.436 e. The van der Waals surface area contributed by atoms with Gasteiger partial charge >= 0.3 is 0 Å². The van der Waals surface area contributed by atoms with Crippen LogP contribution in [0.3, 0.4) is 0 Å². The first-order chi connectivity index (χ1) is 12.7. The van der Waals surface area contributed by atoms with E-state index in [4.69, 9.17) is 16.0 Å². The summed E-state index contributed by atoms with van der Waals surface area (Å²) in [7, 11) is 0. The minimum absolute atomic E-state index is 0.0591. The van der Waals surface area contributed by atoms with E-state index in [2.05, 4.69) is 15.3 Å². The SMILES string of the molecule is O=C(NC1CCCCCC1)c1ccc2nc(-c3cccnc3Cl)oc2c1. The summed E-state index contributed by atoms with van der Waals surface area (Å²) in [6.07, 6.45) is 8.61. The molecule has 26 heavy (non-hydrogen) atoms. The molecule has 5 nitrogen and oxygen atoms in total. The van der Waals surface area contributed by atoms with E-state index in [0.717, 1.165) is 12.8 Å². The van der Waals surface area contributed by atoms with Crippen LogP contribution in [-0.2, 0) is 0 Å². The number of nitrogens with zero attached hydrogens (tertiary/aromatic N) is 2. The molecule has 6 heteroatoms. The number of pyridine rings is 1. The molecule has 1 N–H and O–H groups in total. The Morgan fingerprint density at radius 2 is 1.96 bits per heavy atom. The Morgan fingerprint density at radius 3 is 2.73 bits per heavy atom. The van der Waals surface area contributed by atoms with Crippen LogP contribution in [0.15, 0.2) is 40.9 Å². The number of nitrogens with one attached hydrogen (secondary N) is 1. The molecule has 0 spiro atoms. The Morgan fingerprint density at radius 1 is 1.15 bits per heavy atom. The molecule has 1 aliphatic carbocycles. The lowest BCUT2D eigenvalue weighted by Gasteiger charge is -2.16. The van der Waals surface area contributed by atoms with Gasteiger partial charge in [0.2, 0.25) is 5.89 Å². The van der Waals surface area contributed by atoms with E-state index in [0.29, 0.717) is 33.3 Å². The van der Waals surface area contributed by atoms with Crippen LogP contribution in [0.2, 0.25) is 5.15 Å². The third-order valence-electron chi connectivity index (χ3n) is 4.83. The first kappa shape index (κ1) is 17.0. The number of hydrogen-bond acceptors (Lipinski definition) is 4. The van der Waals surface area contributed by atoms with Crippen LogP contribution in [-0.4, -0.2) is 21.9 Å². The van der Waals surface area contributed by atoms with Crippen molar-refractivity contribution in [3.63, 3.8) is 0 Å². The number of rotatable bonds is 3. The van der Waals surface area contributed by atoms with Crippen LogP contribution in [0.1, 0.15) is 48.9 Å². The molecule has 1 saturated carbocycles. The van der Waals surface area contributed by atoms with E-state index in [1.807, 2.05) is 0 Å². The van der Waals surface area contributed by atoms with E-state index >= 15 is 0 Å². The van der Waals surface area contributed by atoms with Gasteiger partial charge in [-0.05, 0) is 43.2 Å². The van der Waals surface area contributed by atoms with E-state index in [9.17, 15) is 4.79 Å². The second-order valence-corrected chi connectivity index (χ2v) is 7.06. The second kappa shape index (κ2) is 7.46. The molecule has 1 amide bonds. The van der Waals surface area contributed by atoms with Gasteiger partial charge in [0.05, 0.1) is 5.56 Å². The lowest BCUT2D eigenvalue weighted by molar-refractivity contribution is 0.0933. The highest BCUT2D eigenvalue weighted by Gasteiger charge is 2.18. The average molecular weight is 370 g/mol. The molecule has 0 saturated heterocycles. The zero-order valence-electron chi connectivity index (χ0n) is 14.4. The quantitative estimate of drug-likeness (QED) is 0.521. The number of oxazole rings is 1. The molecule has 1 fully saturated rings. The predicted molar refractivity (Wildman–Crippen MR) is 101 cm³/mol. The summed E-state index contributed by atoms with van der Waals surface area (Å²) >= 11 is 6.11. The first-order valence-electron chi connectivity index (χ1n) is 9.03. The first-order valence-corrected chi connectivity index (χ1v) is 9.41. The van der Waals surface area contributed by atoms with Crippen LogP contribution in [0.5, 0.6) is 0 Å². The molecule has 0 radical (unpaired) electrons. The molecule has 1 aromatic carbocycles. The topological polar surface area (TPSA) is 68.0 Å². The summed E-state index contributed by atoms with van der Waals surface area (Å²) in [5.41, 5.74) is 2.47. The molecule has 0 unspecified atom stereocenters. The Kier molecular flexibility index (Phi) is 4.89. The Hall–Kier alpha value is -2.40. The number of aromatic nitrogens is 2. The molecular formula is C20H20ClN3O2. The van der Waals surface area contributed by atoms with Gasteiger partial charge in [0, 0.05) is 17.8 Å². The smallest absolute Gasteiger partial charge is 0.251 e. The van der Waals surface area contributed by atoms with Crippen molar-refractivity contribution in [3.8, 4) is 11.5 Å². The van der Waals surface area contributed by atoms with E-state index < -0.39 is 0 Å². The van der Waals surface area contributed by atoms with E-state index in [1.54, 1.807) is 36.5 Å². The fourth-order valence-electron chi connectivity index (χ4n) is 3.42. The third-order valence-corrected chi connectivity index (χ3v) is 5.13. The standard InChI is InChI=1S/C20H20ClN3O2/c21-18-15(8-5-11-22-18)20-24-16-10-9-13(12-17(16)26-20)19(25)23-14-6-3-1-2-4-7-14/h5,8-12,14H,1-4,6-7H2,(H,23,25). The zero-order valence-corrected chi connectivity index (χ0v) is 15.1. The lowest BCUT2D eigenvalue weighted by Crippen LogP contribution is -2.34. The summed E-state index contributed by atoms with van der Waals surface area (Å²) in [6.45, 7) is 0. The van der Waals surface area contributed by atoms with Crippen LogP contribution >= 0.6 is 11.6 Å². The van der Waals surface area contributed by atoms with Crippen molar-refractivity contribution in [2.24, 2.45) is 0 Å². The van der Waals surface area contributed by atoms with Gasteiger partial charge in [0.15, 0.2) is 5.58 Å². The fraction of sp³-hybridized carbons (Fsp3) is 0.350. The molecule has 0 atom stereocenters. The van der Waals surface area contributed by atoms with Gasteiger partial charge in [-0.2, -0.15) is 0 Å². The Bertz CT molecular complexity index is 930. The molecule has 3 aromatic rings. The van der Waals surface area contributed by atoms with Gasteiger partial charge in [-0.15, -0.1) is 0 Å². The number of fused-ring (bicyclic) bond motifs is 1. The van der Waals surface area contributed by atoms with Crippen molar-refractivity contribution >= 4 is 28.6 Å². The van der Waals surface area contributed by atoms with Crippen LogP contribution < -0.4 is 5.32 Å². The highest BCUT2D eigenvalue weighted by Crippen LogP contribution is 2.29. The van der Waals surface area contributed by atoms with Crippen molar-refractivity contribution in [2.75, 3.05) is 0 Å². The molecule has 0 bridgehead atoms. The number of halogens is 1. The molecule has 2 aromatic heterocycles. The van der Waals surface area contributed by atoms with Crippen LogP contribution in [0.25, 0.3) is 22.6 Å². The van der Waals surface area contributed by atoms with Crippen molar-refractivity contribution in [1.29, 1.82) is 0 Å². The number of amides is 1. The van der Waals surface area contributed by atoms with E-state index in [1.165, 1.54) is 25.7 Å². The maximum atomic E-state index is 12.6. The fourth-order valence-corrected chi connectivity index (χ4v) is 3.62. The summed E-state index contributed by atoms with van der Waals surface area (Å²) in [4.78, 5) is 21.1. The van der Waals surface area contributed by atoms with Gasteiger partial charge in [-0.25, -0.2) is 9.97 Å². The number of carbonyl (C=O) groups is 1. The Balaban J connectivity index is 1.57. The highest BCUT2D eigenvalue weighted by molar-refractivity contribution is 6.31. The summed E-state index contributed by atoms with van der Waals surface area (Å²) in [5, 5.41) is 3.49. The predicted octanol–water partition coefficient (Wildman–Crippen LogP) is 5.00. The number of benzene rings is 1. The zero-order chi connectivity index (χ0) is 17.9. The molecule has 2 heterocycles. The summed E-state index contributed by atoms with van der Waals surface area (Å²) in [6, 6.07) is 9.17. The third kappa shape index (κ3) is 3.58. The Labute approximate surface area is 156 Å². The highest BCUT2D eigenvalue weighted by atomic mass is 35.5.